The van der Waals surface area contributed by atoms with Gasteiger partial charge in [-0.2, -0.15) is 16.8 Å². The second kappa shape index (κ2) is 7.04. The van der Waals surface area contributed by atoms with Crippen LogP contribution in [0.4, 0.5) is 0 Å². The predicted octanol–water partition coefficient (Wildman–Crippen LogP) is 1.77. The Morgan fingerprint density at radius 2 is 1.65 bits per heavy atom. The van der Waals surface area contributed by atoms with Crippen LogP contribution in [0.3, 0.4) is 0 Å². The Hall–Kier alpha value is 0.300. The van der Waals surface area contributed by atoms with E-state index in [9.17, 15) is 16.8 Å². The van der Waals surface area contributed by atoms with E-state index >= 15 is 0 Å². The molecule has 11 heteroatoms. The molecule has 0 atom stereocenters. The molecule has 0 aliphatic rings. The average Bonchev–Trinajstić information content (AvgIpc) is 2.25. The molecule has 0 saturated carbocycles. The van der Waals surface area contributed by atoms with Crippen LogP contribution in [0.25, 0.3) is 0 Å². The van der Waals surface area contributed by atoms with E-state index in [-0.39, 0.29) is 6.61 Å². The first-order valence-electron chi connectivity index (χ1n) is 5.02. The second-order valence-corrected chi connectivity index (χ2v) is 9.58. The van der Waals surface area contributed by atoms with Gasteiger partial charge in [-0.15, -0.1) is 0 Å². The van der Waals surface area contributed by atoms with Crippen LogP contribution in [0.1, 0.15) is 6.42 Å². The summed E-state index contributed by atoms with van der Waals surface area (Å²) in [6.45, 7) is -0.291. The first-order valence-corrected chi connectivity index (χ1v) is 10.2. The Morgan fingerprint density at radius 3 is 2.15 bits per heavy atom. The van der Waals surface area contributed by atoms with Gasteiger partial charge in [0, 0.05) is 9.99 Å². The molecule has 0 aliphatic heterocycles. The summed E-state index contributed by atoms with van der Waals surface area (Å²) in [4.78, 5) is 0. The van der Waals surface area contributed by atoms with Crippen molar-refractivity contribution in [2.45, 2.75) is 11.0 Å². The van der Waals surface area contributed by atoms with Gasteiger partial charge in [-0.05, 0) is 63.4 Å². The van der Waals surface area contributed by atoms with Gasteiger partial charge in [-0.1, -0.05) is 0 Å². The Bertz CT molecular complexity index is 652. The number of rotatable bonds is 6. The molecule has 0 aliphatic carbocycles. The third-order valence-electron chi connectivity index (χ3n) is 2.17. The molecule has 0 amide bonds. The molecular weight excluding hydrogens is 538 g/mol. The minimum Gasteiger partial charge on any atom is -0.492 e. The molecule has 0 bridgehead atoms. The summed E-state index contributed by atoms with van der Waals surface area (Å²) in [7, 11) is -9.83. The lowest BCUT2D eigenvalue weighted by Crippen LogP contribution is -2.31. The van der Waals surface area contributed by atoms with E-state index in [0.29, 0.717) is 5.75 Å². The van der Waals surface area contributed by atoms with Gasteiger partial charge in [0.15, 0.2) is 0 Å². The van der Waals surface area contributed by atoms with E-state index in [1.807, 2.05) is 28.7 Å². The highest BCUT2D eigenvalue weighted by Crippen LogP contribution is 2.24. The Labute approximate surface area is 143 Å². The molecule has 0 aromatic heterocycles. The van der Waals surface area contributed by atoms with Gasteiger partial charge in [-0.25, -0.2) is 0 Å². The third-order valence-corrected chi connectivity index (χ3v) is 6.99. The fraction of sp³-hybridized carbons (Fsp3) is 0.333. The largest absolute Gasteiger partial charge is 0.492 e. The molecule has 1 rings (SSSR count). The summed E-state index contributed by atoms with van der Waals surface area (Å²) < 4.78 is 65.8. The maximum absolute atomic E-state index is 10.9. The zero-order valence-electron chi connectivity index (χ0n) is 9.73. The summed E-state index contributed by atoms with van der Waals surface area (Å²) >= 11 is 4.06. The molecule has 0 radical (unpaired) electrons. The molecular formula is C9H10I2O7S2. The molecule has 2 N–H and O–H groups in total. The van der Waals surface area contributed by atoms with Crippen molar-refractivity contribution in [3.05, 3.63) is 25.3 Å². The average molecular weight is 548 g/mol. The van der Waals surface area contributed by atoms with Gasteiger partial charge in [-0.3, -0.25) is 9.11 Å². The topological polar surface area (TPSA) is 118 Å². The SMILES string of the molecule is O=S(=O)(O)C(CCOc1cc(I)ccc1I)S(=O)(=O)O. The van der Waals surface area contributed by atoms with Crippen molar-refractivity contribution < 1.29 is 30.7 Å². The molecule has 1 aromatic carbocycles. The number of hydrogen-bond acceptors (Lipinski definition) is 5. The summed E-state index contributed by atoms with van der Waals surface area (Å²) in [5.74, 6) is 0.460. The molecule has 0 saturated heterocycles. The van der Waals surface area contributed by atoms with E-state index in [0.717, 1.165) is 7.14 Å². The molecule has 0 unspecified atom stereocenters. The zero-order chi connectivity index (χ0) is 15.6. The van der Waals surface area contributed by atoms with Crippen molar-refractivity contribution in [3.8, 4) is 5.75 Å². The Morgan fingerprint density at radius 1 is 1.10 bits per heavy atom. The lowest BCUT2D eigenvalue weighted by Gasteiger charge is -2.12. The fourth-order valence-electron chi connectivity index (χ4n) is 1.30. The third kappa shape index (κ3) is 5.59. The summed E-state index contributed by atoms with van der Waals surface area (Å²) in [5.41, 5.74) is 0. The van der Waals surface area contributed by atoms with Crippen molar-refractivity contribution >= 4 is 65.4 Å². The summed E-state index contributed by atoms with van der Waals surface area (Å²) in [6.07, 6.45) is -0.584. The highest BCUT2D eigenvalue weighted by Gasteiger charge is 2.35. The normalized spacial score (nSPS) is 12.7. The van der Waals surface area contributed by atoms with Crippen LogP contribution in [-0.4, -0.2) is 37.1 Å². The van der Waals surface area contributed by atoms with Crippen LogP contribution in [0.15, 0.2) is 18.2 Å². The van der Waals surface area contributed by atoms with Crippen molar-refractivity contribution in [2.75, 3.05) is 6.61 Å². The maximum Gasteiger partial charge on any atom is 0.284 e. The highest BCUT2D eigenvalue weighted by molar-refractivity contribution is 14.1. The Kier molecular flexibility index (Phi) is 6.46. The zero-order valence-corrected chi connectivity index (χ0v) is 15.7. The van der Waals surface area contributed by atoms with Gasteiger partial charge in [0.2, 0.25) is 4.58 Å². The molecule has 0 fully saturated rings. The lowest BCUT2D eigenvalue weighted by molar-refractivity contribution is 0.307. The van der Waals surface area contributed by atoms with Gasteiger partial charge in [0.1, 0.15) is 5.75 Å². The predicted molar refractivity (Wildman–Crippen MR) is 88.9 cm³/mol. The number of hydrogen-bond donors (Lipinski definition) is 2. The van der Waals surface area contributed by atoms with Crippen molar-refractivity contribution in [1.82, 2.24) is 0 Å². The number of halogens is 2. The molecule has 1 aromatic rings. The van der Waals surface area contributed by atoms with E-state index in [4.69, 9.17) is 13.8 Å². The van der Waals surface area contributed by atoms with Gasteiger partial charge in [0.25, 0.3) is 20.2 Å². The molecule has 7 nitrogen and oxygen atoms in total. The molecule has 0 spiro atoms. The lowest BCUT2D eigenvalue weighted by atomic mass is 10.3. The second-order valence-electron chi connectivity index (χ2n) is 3.67. The smallest absolute Gasteiger partial charge is 0.284 e. The van der Waals surface area contributed by atoms with Crippen LogP contribution in [-0.2, 0) is 20.2 Å². The minimum atomic E-state index is -4.92. The quantitative estimate of drug-likeness (QED) is 0.411. The van der Waals surface area contributed by atoms with Crippen LogP contribution >= 0.6 is 45.2 Å². The van der Waals surface area contributed by atoms with E-state index in [1.54, 1.807) is 12.1 Å². The monoisotopic (exact) mass is 548 g/mol. The number of benzene rings is 1. The van der Waals surface area contributed by atoms with Gasteiger partial charge >= 0.3 is 0 Å². The van der Waals surface area contributed by atoms with Crippen molar-refractivity contribution in [1.29, 1.82) is 0 Å². The first-order chi connectivity index (χ1) is 9.01. The van der Waals surface area contributed by atoms with Crippen LogP contribution in [0.5, 0.6) is 5.75 Å². The summed E-state index contributed by atoms with van der Waals surface area (Å²) in [6, 6.07) is 5.31. The van der Waals surface area contributed by atoms with Crippen LogP contribution in [0.2, 0.25) is 0 Å². The minimum absolute atomic E-state index is 0.291. The summed E-state index contributed by atoms with van der Waals surface area (Å²) in [5, 5.41) is 0. The first kappa shape index (κ1) is 18.3. The van der Waals surface area contributed by atoms with Crippen molar-refractivity contribution in [2.24, 2.45) is 0 Å². The molecule has 20 heavy (non-hydrogen) atoms. The standard InChI is InChI=1S/C9H10I2O7S2/c10-6-1-2-7(11)8(5-6)18-4-3-9(19(12,13)14)20(15,16)17/h1-2,5,9H,3-4H2,(H,12,13,14)(H,15,16,17). The Balaban J connectivity index is 2.78. The molecule has 0 heterocycles. The van der Waals surface area contributed by atoms with Crippen LogP contribution in [0, 0.1) is 7.14 Å². The van der Waals surface area contributed by atoms with Crippen LogP contribution < -0.4 is 4.74 Å². The van der Waals surface area contributed by atoms with E-state index < -0.39 is 31.2 Å². The van der Waals surface area contributed by atoms with E-state index in [1.165, 1.54) is 0 Å². The van der Waals surface area contributed by atoms with Gasteiger partial charge in [0.05, 0.1) is 10.2 Å². The fourth-order valence-corrected chi connectivity index (χ4v) is 4.28. The number of ether oxygens (including phenoxy) is 1. The maximum atomic E-state index is 10.9. The molecule has 114 valence electrons. The highest BCUT2D eigenvalue weighted by atomic mass is 127. The van der Waals surface area contributed by atoms with E-state index in [2.05, 4.69) is 22.6 Å². The van der Waals surface area contributed by atoms with Gasteiger partial charge < -0.3 is 4.74 Å². The van der Waals surface area contributed by atoms with Crippen molar-refractivity contribution in [3.63, 3.8) is 0 Å².